The number of ether oxygens (including phenoxy) is 2. The summed E-state index contributed by atoms with van der Waals surface area (Å²) < 4.78 is 10.9. The smallest absolute Gasteiger partial charge is 0.258 e. The second kappa shape index (κ2) is 9.96. The quantitative estimate of drug-likeness (QED) is 0.797. The van der Waals surface area contributed by atoms with E-state index in [1.54, 1.807) is 12.1 Å². The molecule has 4 nitrogen and oxygen atoms in total. The molecule has 0 fully saturated rings. The molecule has 0 aliphatic heterocycles. The molecule has 2 aromatic rings. The van der Waals surface area contributed by atoms with Crippen molar-refractivity contribution in [2.45, 2.75) is 13.3 Å². The zero-order valence-electron chi connectivity index (χ0n) is 13.7. The van der Waals surface area contributed by atoms with Gasteiger partial charge in [0.2, 0.25) is 0 Å². The average molecular weight is 323 g/mol. The van der Waals surface area contributed by atoms with E-state index in [9.17, 15) is 4.79 Å². The Labute approximate surface area is 142 Å². The van der Waals surface area contributed by atoms with Crippen LogP contribution in [0.15, 0.2) is 54.6 Å². The Morgan fingerprint density at radius 3 is 2.33 bits per heavy atom. The summed E-state index contributed by atoms with van der Waals surface area (Å²) in [7, 11) is 0. The number of hydrogen-bond donors (Lipinski definition) is 1. The van der Waals surface area contributed by atoms with Crippen LogP contribution in [0.5, 0.6) is 11.5 Å². The lowest BCUT2D eigenvalue weighted by Gasteiger charge is -2.07. The van der Waals surface area contributed by atoms with E-state index in [1.165, 1.54) is 0 Å². The minimum atomic E-state index is -0.205. The zero-order valence-corrected chi connectivity index (χ0v) is 13.7. The van der Waals surface area contributed by atoms with Crippen LogP contribution in [0, 0.1) is 11.8 Å². The number of carbonyl (C=O) groups excluding carboxylic acids is 1. The molecule has 2 rings (SSSR count). The standard InChI is InChI=1S/C20H21NO3/c1-2-15-23-18-10-12-19(13-11-18)24-16-20(22)21-14-6-9-17-7-4-3-5-8-17/h3-5,7-8,10-13H,2,14-16H2,1H3,(H,21,22). The van der Waals surface area contributed by atoms with E-state index in [-0.39, 0.29) is 12.5 Å². The van der Waals surface area contributed by atoms with E-state index in [4.69, 9.17) is 9.47 Å². The molecule has 124 valence electrons. The molecule has 1 amide bonds. The molecule has 2 aromatic carbocycles. The van der Waals surface area contributed by atoms with Gasteiger partial charge in [-0.15, -0.1) is 0 Å². The predicted octanol–water partition coefficient (Wildman–Crippen LogP) is 3.02. The van der Waals surface area contributed by atoms with Gasteiger partial charge < -0.3 is 14.8 Å². The predicted molar refractivity (Wildman–Crippen MR) is 94.1 cm³/mol. The molecule has 0 atom stereocenters. The first-order chi connectivity index (χ1) is 11.8. The number of amides is 1. The van der Waals surface area contributed by atoms with Crippen molar-refractivity contribution in [2.75, 3.05) is 19.8 Å². The Morgan fingerprint density at radius 2 is 1.67 bits per heavy atom. The van der Waals surface area contributed by atoms with Gasteiger partial charge in [0.15, 0.2) is 6.61 Å². The molecule has 0 unspecified atom stereocenters. The third-order valence-electron chi connectivity index (χ3n) is 3.05. The molecule has 0 saturated heterocycles. The zero-order chi connectivity index (χ0) is 17.0. The fraction of sp³-hybridized carbons (Fsp3) is 0.250. The number of rotatable bonds is 7. The second-order valence-electron chi connectivity index (χ2n) is 5.05. The van der Waals surface area contributed by atoms with Crippen LogP contribution in [0.4, 0.5) is 0 Å². The Bertz CT molecular complexity index is 684. The van der Waals surface area contributed by atoms with Gasteiger partial charge in [-0.25, -0.2) is 0 Å². The van der Waals surface area contributed by atoms with Gasteiger partial charge in [-0.3, -0.25) is 4.79 Å². The maximum atomic E-state index is 11.7. The average Bonchev–Trinajstić information content (AvgIpc) is 2.63. The van der Waals surface area contributed by atoms with Crippen molar-refractivity contribution in [3.05, 3.63) is 60.2 Å². The monoisotopic (exact) mass is 323 g/mol. The fourth-order valence-corrected chi connectivity index (χ4v) is 1.86. The van der Waals surface area contributed by atoms with Crippen molar-refractivity contribution in [2.24, 2.45) is 0 Å². The first-order valence-electron chi connectivity index (χ1n) is 7.94. The van der Waals surface area contributed by atoms with Crippen molar-refractivity contribution >= 4 is 5.91 Å². The maximum absolute atomic E-state index is 11.7. The second-order valence-corrected chi connectivity index (χ2v) is 5.05. The minimum absolute atomic E-state index is 0.0395. The van der Waals surface area contributed by atoms with E-state index in [2.05, 4.69) is 24.1 Å². The van der Waals surface area contributed by atoms with Gasteiger partial charge in [0.05, 0.1) is 13.2 Å². The number of carbonyl (C=O) groups is 1. The van der Waals surface area contributed by atoms with Crippen LogP contribution in [0.1, 0.15) is 18.9 Å². The fourth-order valence-electron chi connectivity index (χ4n) is 1.86. The van der Waals surface area contributed by atoms with Gasteiger partial charge in [0, 0.05) is 5.56 Å². The molecule has 0 aliphatic carbocycles. The third kappa shape index (κ3) is 6.45. The Balaban J connectivity index is 1.68. The van der Waals surface area contributed by atoms with Crippen molar-refractivity contribution in [1.82, 2.24) is 5.32 Å². The summed E-state index contributed by atoms with van der Waals surface area (Å²) in [5.74, 6) is 7.10. The molecule has 4 heteroatoms. The molecule has 0 saturated carbocycles. The summed E-state index contributed by atoms with van der Waals surface area (Å²) in [5.41, 5.74) is 0.924. The summed E-state index contributed by atoms with van der Waals surface area (Å²) >= 11 is 0. The van der Waals surface area contributed by atoms with E-state index in [0.29, 0.717) is 18.9 Å². The van der Waals surface area contributed by atoms with Crippen LogP contribution in [0.2, 0.25) is 0 Å². The van der Waals surface area contributed by atoms with Crippen LogP contribution in [-0.2, 0) is 4.79 Å². The molecular formula is C20H21NO3. The van der Waals surface area contributed by atoms with Crippen LogP contribution < -0.4 is 14.8 Å². The van der Waals surface area contributed by atoms with Gasteiger partial charge >= 0.3 is 0 Å². The van der Waals surface area contributed by atoms with Crippen molar-refractivity contribution in [3.8, 4) is 23.3 Å². The van der Waals surface area contributed by atoms with Crippen molar-refractivity contribution in [3.63, 3.8) is 0 Å². The molecule has 0 bridgehead atoms. The van der Waals surface area contributed by atoms with Crippen LogP contribution in [0.3, 0.4) is 0 Å². The van der Waals surface area contributed by atoms with Crippen molar-refractivity contribution in [1.29, 1.82) is 0 Å². The molecule has 0 heterocycles. The van der Waals surface area contributed by atoms with Crippen LogP contribution >= 0.6 is 0 Å². The van der Waals surface area contributed by atoms with Gasteiger partial charge in [0.1, 0.15) is 11.5 Å². The molecule has 0 spiro atoms. The molecule has 0 radical (unpaired) electrons. The lowest BCUT2D eigenvalue weighted by atomic mass is 10.2. The first-order valence-corrected chi connectivity index (χ1v) is 7.94. The normalized spacial score (nSPS) is 9.54. The third-order valence-corrected chi connectivity index (χ3v) is 3.05. The molecular weight excluding hydrogens is 302 g/mol. The van der Waals surface area contributed by atoms with Gasteiger partial charge in [0.25, 0.3) is 5.91 Å². The number of nitrogens with one attached hydrogen (secondary N) is 1. The van der Waals surface area contributed by atoms with E-state index < -0.39 is 0 Å². The largest absolute Gasteiger partial charge is 0.494 e. The Morgan fingerprint density at radius 1 is 1.00 bits per heavy atom. The Kier molecular flexibility index (Phi) is 7.23. The summed E-state index contributed by atoms with van der Waals surface area (Å²) in [4.78, 5) is 11.7. The number of hydrogen-bond acceptors (Lipinski definition) is 3. The highest BCUT2D eigenvalue weighted by molar-refractivity contribution is 5.77. The van der Waals surface area contributed by atoms with E-state index in [1.807, 2.05) is 42.5 Å². The summed E-state index contributed by atoms with van der Waals surface area (Å²) in [6, 6.07) is 16.9. The lowest BCUT2D eigenvalue weighted by molar-refractivity contribution is -0.122. The molecule has 24 heavy (non-hydrogen) atoms. The highest BCUT2D eigenvalue weighted by Gasteiger charge is 2.01. The molecule has 0 aliphatic rings. The highest BCUT2D eigenvalue weighted by atomic mass is 16.5. The SMILES string of the molecule is CCCOc1ccc(OCC(=O)NCC#Cc2ccccc2)cc1. The van der Waals surface area contributed by atoms with E-state index in [0.717, 1.165) is 17.7 Å². The van der Waals surface area contributed by atoms with Gasteiger partial charge in [-0.1, -0.05) is 37.0 Å². The Hall–Kier alpha value is -2.93. The minimum Gasteiger partial charge on any atom is -0.494 e. The lowest BCUT2D eigenvalue weighted by Crippen LogP contribution is -2.29. The van der Waals surface area contributed by atoms with Gasteiger partial charge in [-0.2, -0.15) is 0 Å². The van der Waals surface area contributed by atoms with Crippen molar-refractivity contribution < 1.29 is 14.3 Å². The summed E-state index contributed by atoms with van der Waals surface area (Å²) in [6.45, 7) is 3.00. The highest BCUT2D eigenvalue weighted by Crippen LogP contribution is 2.17. The summed E-state index contributed by atoms with van der Waals surface area (Å²) in [6.07, 6.45) is 0.964. The molecule has 0 aromatic heterocycles. The summed E-state index contributed by atoms with van der Waals surface area (Å²) in [5, 5.41) is 2.70. The van der Waals surface area contributed by atoms with Crippen LogP contribution in [0.25, 0.3) is 0 Å². The van der Waals surface area contributed by atoms with Gasteiger partial charge in [-0.05, 0) is 42.8 Å². The van der Waals surface area contributed by atoms with Crippen LogP contribution in [-0.4, -0.2) is 25.7 Å². The van der Waals surface area contributed by atoms with E-state index >= 15 is 0 Å². The molecule has 1 N–H and O–H groups in total. The maximum Gasteiger partial charge on any atom is 0.258 e. The topological polar surface area (TPSA) is 47.6 Å². The number of benzene rings is 2. The first kappa shape index (κ1) is 17.4.